The second kappa shape index (κ2) is 6.84. The van der Waals surface area contributed by atoms with Gasteiger partial charge in [-0.05, 0) is 58.0 Å². The number of rotatable bonds is 5. The number of nitrogens with zero attached hydrogens (tertiary/aromatic N) is 1. The lowest BCUT2D eigenvalue weighted by Crippen LogP contribution is -2.46. The molecule has 0 aromatic carbocycles. The summed E-state index contributed by atoms with van der Waals surface area (Å²) in [6, 6.07) is 3.59. The van der Waals surface area contributed by atoms with E-state index in [4.69, 9.17) is 11.6 Å². The first-order valence-corrected chi connectivity index (χ1v) is 7.99. The molecule has 2 unspecified atom stereocenters. The van der Waals surface area contributed by atoms with Crippen molar-refractivity contribution >= 4 is 28.7 Å². The smallest absolute Gasteiger partial charge is 0.189 e. The van der Waals surface area contributed by atoms with Crippen LogP contribution < -0.4 is 5.32 Å². The summed E-state index contributed by atoms with van der Waals surface area (Å²) in [5.41, 5.74) is 0. The highest BCUT2D eigenvalue weighted by Gasteiger charge is 2.28. The molecule has 2 heterocycles. The number of halogens is 1. The SMILES string of the molecule is CNCC1CCCN(C(C)C(=O)c2ccc(Cl)s2)C1. The molecule has 2 rings (SSSR count). The largest absolute Gasteiger partial charge is 0.319 e. The lowest BCUT2D eigenvalue weighted by atomic mass is 9.96. The molecule has 1 aliphatic rings. The van der Waals surface area contributed by atoms with Crippen LogP contribution in [0.2, 0.25) is 4.34 Å². The second-order valence-electron chi connectivity index (χ2n) is 5.20. The van der Waals surface area contributed by atoms with Crippen LogP contribution in [0.5, 0.6) is 0 Å². The predicted molar refractivity (Wildman–Crippen MR) is 81.3 cm³/mol. The first-order valence-electron chi connectivity index (χ1n) is 6.80. The maximum Gasteiger partial charge on any atom is 0.189 e. The van der Waals surface area contributed by atoms with Gasteiger partial charge < -0.3 is 5.32 Å². The Kier molecular flexibility index (Phi) is 5.39. The lowest BCUT2D eigenvalue weighted by Gasteiger charge is -2.36. The van der Waals surface area contributed by atoms with Crippen molar-refractivity contribution in [2.75, 3.05) is 26.7 Å². The fourth-order valence-corrected chi connectivity index (χ4v) is 3.79. The zero-order valence-corrected chi connectivity index (χ0v) is 13.1. The predicted octanol–water partition coefficient (Wildman–Crippen LogP) is 2.90. The van der Waals surface area contributed by atoms with Gasteiger partial charge in [0.15, 0.2) is 5.78 Å². The molecule has 5 heteroatoms. The van der Waals surface area contributed by atoms with Gasteiger partial charge in [-0.25, -0.2) is 0 Å². The number of likely N-dealkylation sites (tertiary alicyclic amines) is 1. The molecule has 1 N–H and O–H groups in total. The Bertz CT molecular complexity index is 433. The van der Waals surface area contributed by atoms with E-state index in [2.05, 4.69) is 10.2 Å². The molecule has 0 aliphatic carbocycles. The second-order valence-corrected chi connectivity index (χ2v) is 6.92. The summed E-state index contributed by atoms with van der Waals surface area (Å²) in [6.45, 7) is 5.07. The molecule has 0 amide bonds. The molecule has 1 aliphatic heterocycles. The van der Waals surface area contributed by atoms with Gasteiger partial charge in [0, 0.05) is 6.54 Å². The van der Waals surface area contributed by atoms with Crippen molar-refractivity contribution in [2.45, 2.75) is 25.8 Å². The highest BCUT2D eigenvalue weighted by molar-refractivity contribution is 7.18. The summed E-state index contributed by atoms with van der Waals surface area (Å²) < 4.78 is 0.683. The summed E-state index contributed by atoms with van der Waals surface area (Å²) in [5, 5.41) is 3.23. The fourth-order valence-electron chi connectivity index (χ4n) is 2.72. The Labute approximate surface area is 123 Å². The molecule has 1 aromatic heterocycles. The minimum atomic E-state index is -0.0469. The topological polar surface area (TPSA) is 32.3 Å². The van der Waals surface area contributed by atoms with Crippen LogP contribution in [0.15, 0.2) is 12.1 Å². The van der Waals surface area contributed by atoms with Crippen LogP contribution in [0.1, 0.15) is 29.4 Å². The van der Waals surface area contributed by atoms with Gasteiger partial charge in [0.2, 0.25) is 0 Å². The molecule has 106 valence electrons. The Morgan fingerprint density at radius 2 is 2.42 bits per heavy atom. The van der Waals surface area contributed by atoms with Crippen LogP contribution in [0, 0.1) is 5.92 Å². The van der Waals surface area contributed by atoms with E-state index < -0.39 is 0 Å². The Balaban J connectivity index is 1.98. The van der Waals surface area contributed by atoms with Crippen molar-refractivity contribution in [3.05, 3.63) is 21.3 Å². The third kappa shape index (κ3) is 3.78. The zero-order valence-electron chi connectivity index (χ0n) is 11.5. The summed E-state index contributed by atoms with van der Waals surface area (Å²) >= 11 is 7.28. The number of thiophene rings is 1. The van der Waals surface area contributed by atoms with Crippen molar-refractivity contribution in [1.29, 1.82) is 0 Å². The zero-order chi connectivity index (χ0) is 13.8. The number of hydrogen-bond acceptors (Lipinski definition) is 4. The maximum atomic E-state index is 12.4. The minimum Gasteiger partial charge on any atom is -0.319 e. The van der Waals surface area contributed by atoms with E-state index in [0.717, 1.165) is 24.5 Å². The number of Topliss-reactive ketones (excluding diaryl/α,β-unsaturated/α-hetero) is 1. The van der Waals surface area contributed by atoms with Gasteiger partial charge in [-0.15, -0.1) is 11.3 Å². The van der Waals surface area contributed by atoms with E-state index in [0.29, 0.717) is 10.3 Å². The van der Waals surface area contributed by atoms with Gasteiger partial charge >= 0.3 is 0 Å². The molecule has 1 fully saturated rings. The molecule has 19 heavy (non-hydrogen) atoms. The number of hydrogen-bond donors (Lipinski definition) is 1. The quantitative estimate of drug-likeness (QED) is 0.849. The number of carbonyl (C=O) groups excluding carboxylic acids is 1. The van der Waals surface area contributed by atoms with Crippen LogP contribution in [0.4, 0.5) is 0 Å². The highest BCUT2D eigenvalue weighted by atomic mass is 35.5. The van der Waals surface area contributed by atoms with E-state index >= 15 is 0 Å². The first-order chi connectivity index (χ1) is 9.11. The van der Waals surface area contributed by atoms with Gasteiger partial charge in [-0.3, -0.25) is 9.69 Å². The summed E-state index contributed by atoms with van der Waals surface area (Å²) in [7, 11) is 1.99. The molecule has 1 aromatic rings. The fraction of sp³-hybridized carbons (Fsp3) is 0.643. The maximum absolute atomic E-state index is 12.4. The number of piperidine rings is 1. The van der Waals surface area contributed by atoms with Crippen molar-refractivity contribution in [3.8, 4) is 0 Å². The third-order valence-corrected chi connectivity index (χ3v) is 5.03. The van der Waals surface area contributed by atoms with Crippen LogP contribution in [-0.4, -0.2) is 43.4 Å². The van der Waals surface area contributed by atoms with Gasteiger partial charge in [0.25, 0.3) is 0 Å². The van der Waals surface area contributed by atoms with E-state index in [-0.39, 0.29) is 11.8 Å². The Morgan fingerprint density at radius 1 is 1.63 bits per heavy atom. The molecule has 0 bridgehead atoms. The average molecular weight is 301 g/mol. The molecule has 1 saturated heterocycles. The standard InChI is InChI=1S/C14H21ClN2OS/c1-10(14(18)12-5-6-13(15)19-12)17-7-3-4-11(9-17)8-16-2/h5-6,10-11,16H,3-4,7-9H2,1-2H3. The molecule has 3 nitrogen and oxygen atoms in total. The van der Waals surface area contributed by atoms with Gasteiger partial charge in [0.1, 0.15) is 0 Å². The Morgan fingerprint density at radius 3 is 3.05 bits per heavy atom. The summed E-state index contributed by atoms with van der Waals surface area (Å²) in [6.07, 6.45) is 2.43. The minimum absolute atomic E-state index is 0.0469. The van der Waals surface area contributed by atoms with Crippen molar-refractivity contribution in [1.82, 2.24) is 10.2 Å². The Hall–Kier alpha value is -0.420. The molecule has 0 saturated carbocycles. The molecule has 0 radical (unpaired) electrons. The lowest BCUT2D eigenvalue weighted by molar-refractivity contribution is 0.0757. The number of nitrogens with one attached hydrogen (secondary N) is 1. The van der Waals surface area contributed by atoms with Gasteiger partial charge in [0.05, 0.1) is 15.3 Å². The third-order valence-electron chi connectivity index (χ3n) is 3.79. The summed E-state index contributed by atoms with van der Waals surface area (Å²) in [5.74, 6) is 0.850. The molecular formula is C14H21ClN2OS. The monoisotopic (exact) mass is 300 g/mol. The van der Waals surface area contributed by atoms with E-state index in [1.165, 1.54) is 24.2 Å². The van der Waals surface area contributed by atoms with Gasteiger partial charge in [-0.2, -0.15) is 0 Å². The molecular weight excluding hydrogens is 280 g/mol. The van der Waals surface area contributed by atoms with Crippen LogP contribution in [0.25, 0.3) is 0 Å². The van der Waals surface area contributed by atoms with Crippen LogP contribution >= 0.6 is 22.9 Å². The normalized spacial score (nSPS) is 22.4. The van der Waals surface area contributed by atoms with E-state index in [9.17, 15) is 4.79 Å². The van der Waals surface area contributed by atoms with Crippen LogP contribution in [0.3, 0.4) is 0 Å². The number of ketones is 1. The highest BCUT2D eigenvalue weighted by Crippen LogP contribution is 2.25. The van der Waals surface area contributed by atoms with Crippen molar-refractivity contribution in [2.24, 2.45) is 5.92 Å². The van der Waals surface area contributed by atoms with E-state index in [1.54, 1.807) is 6.07 Å². The average Bonchev–Trinajstić information content (AvgIpc) is 2.84. The molecule has 2 atom stereocenters. The first kappa shape index (κ1) is 15.0. The van der Waals surface area contributed by atoms with Crippen molar-refractivity contribution in [3.63, 3.8) is 0 Å². The van der Waals surface area contributed by atoms with Gasteiger partial charge in [-0.1, -0.05) is 11.6 Å². The van der Waals surface area contributed by atoms with E-state index in [1.807, 2.05) is 20.0 Å². The number of carbonyl (C=O) groups is 1. The molecule has 0 spiro atoms. The summed E-state index contributed by atoms with van der Waals surface area (Å²) in [4.78, 5) is 15.5. The van der Waals surface area contributed by atoms with Crippen molar-refractivity contribution < 1.29 is 4.79 Å². The van der Waals surface area contributed by atoms with Crippen LogP contribution in [-0.2, 0) is 0 Å².